The van der Waals surface area contributed by atoms with Gasteiger partial charge in [0.05, 0.1) is 22.7 Å². The molecule has 11 nitrogen and oxygen atoms in total. The number of ether oxygens (including phenoxy) is 1. The van der Waals surface area contributed by atoms with Gasteiger partial charge in [0.15, 0.2) is 0 Å². The minimum Gasteiger partial charge on any atom is -0.455 e. The maximum absolute atomic E-state index is 13.6. The van der Waals surface area contributed by atoms with Crippen LogP contribution < -0.4 is 16.1 Å². The van der Waals surface area contributed by atoms with Crippen LogP contribution in [0.1, 0.15) is 71.7 Å². The van der Waals surface area contributed by atoms with Crippen LogP contribution in [0.3, 0.4) is 0 Å². The lowest BCUT2D eigenvalue weighted by Crippen LogP contribution is -2.61. The molecule has 3 heterocycles. The first kappa shape index (κ1) is 31.1. The quantitative estimate of drug-likeness (QED) is 0.396. The summed E-state index contributed by atoms with van der Waals surface area (Å²) in [7, 11) is 0. The van der Waals surface area contributed by atoms with E-state index in [4.69, 9.17) is 9.72 Å². The molecule has 0 spiro atoms. The number of nitrogens with zero attached hydrogens (tertiary/aromatic N) is 2. The third-order valence-corrected chi connectivity index (χ3v) is 8.13. The van der Waals surface area contributed by atoms with Gasteiger partial charge in [-0.25, -0.2) is 10.4 Å². The molecule has 3 amide bonds. The van der Waals surface area contributed by atoms with Crippen LogP contribution in [0.2, 0.25) is 0 Å². The number of nitrogens with one attached hydrogen (secondary N) is 3. The molecule has 0 aliphatic carbocycles. The molecule has 1 aromatic heterocycles. The topological polar surface area (TPSA) is 150 Å². The number of esters is 1. The number of rotatable bonds is 2. The van der Waals surface area contributed by atoms with E-state index in [2.05, 4.69) is 16.1 Å². The molecule has 2 aliphatic rings. The monoisotopic (exact) mass is 579 g/mol. The molecular formula is C31H41N5O6. The Labute approximate surface area is 246 Å². The molecule has 11 heteroatoms. The fourth-order valence-corrected chi connectivity index (χ4v) is 5.02. The normalized spacial score (nSPS) is 28.8. The van der Waals surface area contributed by atoms with Crippen molar-refractivity contribution in [3.63, 3.8) is 0 Å². The molecule has 42 heavy (non-hydrogen) atoms. The average molecular weight is 580 g/mol. The van der Waals surface area contributed by atoms with Crippen LogP contribution in [0.5, 0.6) is 0 Å². The predicted molar refractivity (Wildman–Crippen MR) is 157 cm³/mol. The van der Waals surface area contributed by atoms with Gasteiger partial charge in [-0.15, -0.1) is 0 Å². The van der Waals surface area contributed by atoms with Gasteiger partial charge in [-0.2, -0.15) is 0 Å². The number of hydrazine groups is 1. The van der Waals surface area contributed by atoms with E-state index in [9.17, 15) is 24.3 Å². The van der Waals surface area contributed by atoms with E-state index in [-0.39, 0.29) is 5.92 Å². The summed E-state index contributed by atoms with van der Waals surface area (Å²) < 4.78 is 5.75. The average Bonchev–Trinajstić information content (AvgIpc) is 2.96. The van der Waals surface area contributed by atoms with Crippen molar-refractivity contribution in [1.82, 2.24) is 26.1 Å². The molecule has 0 radical (unpaired) electrons. The van der Waals surface area contributed by atoms with Crippen LogP contribution in [-0.4, -0.2) is 69.6 Å². The highest BCUT2D eigenvalue weighted by atomic mass is 16.5. The number of carbonyl (C=O) groups excluding carboxylic acids is 4. The molecule has 4 N–H and O–H groups in total. The second-order valence-electron chi connectivity index (χ2n) is 11.8. The molecule has 4 rings (SSSR count). The first-order valence-corrected chi connectivity index (χ1v) is 14.5. The molecule has 2 aliphatic heterocycles. The van der Waals surface area contributed by atoms with Crippen molar-refractivity contribution in [3.05, 3.63) is 47.7 Å². The Hall–Kier alpha value is -3.83. The number of fused-ring (bicyclic) bond motifs is 4. The molecule has 2 aromatic rings. The zero-order chi connectivity index (χ0) is 30.8. The number of carbonyl (C=O) groups is 4. The zero-order valence-electron chi connectivity index (χ0n) is 25.0. The molecule has 1 saturated heterocycles. The van der Waals surface area contributed by atoms with Crippen molar-refractivity contribution < 1.29 is 29.0 Å². The zero-order valence-corrected chi connectivity index (χ0v) is 25.0. The highest BCUT2D eigenvalue weighted by molar-refractivity contribution is 5.94. The van der Waals surface area contributed by atoms with E-state index >= 15 is 0 Å². The van der Waals surface area contributed by atoms with E-state index in [1.165, 1.54) is 11.9 Å². The summed E-state index contributed by atoms with van der Waals surface area (Å²) in [5.41, 5.74) is 3.58. The van der Waals surface area contributed by atoms with Gasteiger partial charge >= 0.3 is 5.97 Å². The Morgan fingerprint density at radius 1 is 1.07 bits per heavy atom. The molecular weight excluding hydrogens is 538 g/mol. The van der Waals surface area contributed by atoms with Gasteiger partial charge in [0.25, 0.3) is 5.91 Å². The summed E-state index contributed by atoms with van der Waals surface area (Å²) >= 11 is 0. The number of hydrogen-bond donors (Lipinski definition) is 4. The molecule has 5 bridgehead atoms. The highest BCUT2D eigenvalue weighted by Gasteiger charge is 2.39. The van der Waals surface area contributed by atoms with E-state index in [0.717, 1.165) is 10.9 Å². The van der Waals surface area contributed by atoms with Crippen LogP contribution in [0.25, 0.3) is 17.0 Å². The number of aromatic nitrogens is 1. The first-order chi connectivity index (χ1) is 19.8. The number of aliphatic hydroxyl groups is 1. The fourth-order valence-electron chi connectivity index (χ4n) is 5.02. The van der Waals surface area contributed by atoms with Gasteiger partial charge in [-0.05, 0) is 64.2 Å². The highest BCUT2D eigenvalue weighted by Crippen LogP contribution is 2.28. The third kappa shape index (κ3) is 6.63. The molecule has 1 fully saturated rings. The van der Waals surface area contributed by atoms with E-state index in [1.807, 2.05) is 24.3 Å². The summed E-state index contributed by atoms with van der Waals surface area (Å²) in [6.07, 6.45) is 2.69. The van der Waals surface area contributed by atoms with Crippen molar-refractivity contribution in [2.45, 2.75) is 84.7 Å². The summed E-state index contributed by atoms with van der Waals surface area (Å²) in [6, 6.07) is 6.70. The smallest absolute Gasteiger partial charge is 0.325 e. The van der Waals surface area contributed by atoms with Crippen LogP contribution in [0, 0.1) is 11.3 Å². The van der Waals surface area contributed by atoms with Gasteiger partial charge < -0.3 is 20.5 Å². The van der Waals surface area contributed by atoms with E-state index in [1.54, 1.807) is 52.8 Å². The number of aliphatic hydroxyl groups excluding tert-OH is 1. The maximum Gasteiger partial charge on any atom is 0.325 e. The largest absolute Gasteiger partial charge is 0.455 e. The molecule has 226 valence electrons. The van der Waals surface area contributed by atoms with Gasteiger partial charge in [0, 0.05) is 11.9 Å². The minimum absolute atomic E-state index is 0.310. The Balaban J connectivity index is 1.75. The van der Waals surface area contributed by atoms with Crippen LogP contribution in [0.15, 0.2) is 36.4 Å². The van der Waals surface area contributed by atoms with Gasteiger partial charge in [0.2, 0.25) is 11.8 Å². The molecule has 6 unspecified atom stereocenters. The van der Waals surface area contributed by atoms with Crippen molar-refractivity contribution in [3.8, 4) is 0 Å². The van der Waals surface area contributed by atoms with Gasteiger partial charge in [-0.1, -0.05) is 44.2 Å². The van der Waals surface area contributed by atoms with E-state index < -0.39 is 59.4 Å². The molecule has 6 atom stereocenters. The van der Waals surface area contributed by atoms with Crippen molar-refractivity contribution in [1.29, 1.82) is 0 Å². The minimum atomic E-state index is -1.37. The van der Waals surface area contributed by atoms with Crippen molar-refractivity contribution in [2.24, 2.45) is 11.3 Å². The first-order valence-electron chi connectivity index (χ1n) is 14.5. The number of amides is 3. The Morgan fingerprint density at radius 2 is 1.79 bits per heavy atom. The predicted octanol–water partition coefficient (Wildman–Crippen LogP) is 2.39. The van der Waals surface area contributed by atoms with Crippen LogP contribution in [-0.2, 0) is 23.9 Å². The van der Waals surface area contributed by atoms with Crippen molar-refractivity contribution >= 4 is 40.7 Å². The summed E-state index contributed by atoms with van der Waals surface area (Å²) in [6.45, 7) is 10.3. The van der Waals surface area contributed by atoms with Crippen LogP contribution >= 0.6 is 0 Å². The Kier molecular flexibility index (Phi) is 9.32. The number of hydrogen-bond acceptors (Lipinski definition) is 8. The Morgan fingerprint density at radius 3 is 2.48 bits per heavy atom. The maximum atomic E-state index is 13.6. The number of pyridine rings is 1. The standard InChI is InChI=1S/C31H41N5O6/c1-17(2)26-27(38)32-18(3)28(39)36-15-7-8-24(35-36)29(40)42-19(4)23-12-11-22-10-9-21(16-25(22)33-23)13-14-31(6,20(5)37)30(41)34-26/h9-14,16-20,24,26,35,37H,7-8,15H2,1-6H3,(H,32,38)(H,34,41). The van der Waals surface area contributed by atoms with Crippen molar-refractivity contribution in [2.75, 3.05) is 6.54 Å². The Bertz CT molecular complexity index is 1390. The van der Waals surface area contributed by atoms with E-state index in [0.29, 0.717) is 30.6 Å². The summed E-state index contributed by atoms with van der Waals surface area (Å²) in [5, 5.41) is 18.4. The summed E-state index contributed by atoms with van der Waals surface area (Å²) in [5.74, 6) is -2.29. The lowest BCUT2D eigenvalue weighted by Gasteiger charge is -2.35. The molecule has 0 saturated carbocycles. The third-order valence-electron chi connectivity index (χ3n) is 8.13. The summed E-state index contributed by atoms with van der Waals surface area (Å²) in [4.78, 5) is 57.9. The fraction of sp³-hybridized carbons (Fsp3) is 0.516. The van der Waals surface area contributed by atoms with Crippen LogP contribution in [0.4, 0.5) is 0 Å². The lowest BCUT2D eigenvalue weighted by molar-refractivity contribution is -0.157. The SMILES string of the molecule is CC1NC(=O)C(C(C)C)NC(=O)C(C)(C(C)O)C=Cc2ccc3ccc(nc3c2)C(C)OC(=O)C2CCCN(N2)C1=O. The van der Waals surface area contributed by atoms with Gasteiger partial charge in [-0.3, -0.25) is 24.2 Å². The van der Waals surface area contributed by atoms with Gasteiger partial charge in [0.1, 0.15) is 24.2 Å². The second-order valence-corrected chi connectivity index (χ2v) is 11.8. The number of cyclic esters (lactones) is 1. The lowest BCUT2D eigenvalue weighted by atomic mass is 9.82. The second kappa shape index (κ2) is 12.6. The number of benzene rings is 1. The molecule has 1 aromatic carbocycles.